The maximum atomic E-state index is 12.3. The Kier molecular flexibility index (Phi) is 5.59. The summed E-state index contributed by atoms with van der Waals surface area (Å²) in [6.07, 6.45) is 2.04. The van der Waals surface area contributed by atoms with E-state index in [4.69, 9.17) is 4.74 Å². The quantitative estimate of drug-likeness (QED) is 0.826. The third-order valence-electron chi connectivity index (χ3n) is 4.42. The third-order valence-corrected chi connectivity index (χ3v) is 4.42. The number of carbonyl (C=O) groups excluding carboxylic acids is 1. The molecule has 3 rings (SSSR count). The summed E-state index contributed by atoms with van der Waals surface area (Å²) in [5.41, 5.74) is 3.29. The van der Waals surface area contributed by atoms with Crippen molar-refractivity contribution in [3.63, 3.8) is 0 Å². The number of benzene rings is 2. The Bertz CT molecular complexity index is 710. The number of nitrogens with one attached hydrogen (secondary N) is 1. The first-order valence-electron chi connectivity index (χ1n) is 8.97. The van der Waals surface area contributed by atoms with Crippen LogP contribution in [0, 0.1) is 5.92 Å². The maximum absolute atomic E-state index is 12.3. The van der Waals surface area contributed by atoms with E-state index in [0.717, 1.165) is 37.4 Å². The molecule has 1 N–H and O–H groups in total. The summed E-state index contributed by atoms with van der Waals surface area (Å²) in [5, 5.41) is 2.96. The van der Waals surface area contributed by atoms with Crippen molar-refractivity contribution in [1.82, 2.24) is 0 Å². The molecule has 4 nitrogen and oxygen atoms in total. The lowest BCUT2D eigenvalue weighted by atomic mass is 10.1. The molecule has 0 saturated heterocycles. The average molecular weight is 338 g/mol. The minimum Gasteiger partial charge on any atom is -0.494 e. The maximum Gasteiger partial charge on any atom is 0.243 e. The highest BCUT2D eigenvalue weighted by molar-refractivity contribution is 5.94. The van der Waals surface area contributed by atoms with Crippen LogP contribution >= 0.6 is 0 Å². The number of amides is 1. The topological polar surface area (TPSA) is 41.6 Å². The van der Waals surface area contributed by atoms with Crippen molar-refractivity contribution in [1.29, 1.82) is 0 Å². The molecule has 1 amide bonds. The van der Waals surface area contributed by atoms with E-state index in [-0.39, 0.29) is 5.91 Å². The molecule has 0 radical (unpaired) electrons. The van der Waals surface area contributed by atoms with Gasteiger partial charge in [-0.25, -0.2) is 0 Å². The summed E-state index contributed by atoms with van der Waals surface area (Å²) in [4.78, 5) is 14.5. The lowest BCUT2D eigenvalue weighted by Gasteiger charge is -2.18. The highest BCUT2D eigenvalue weighted by atomic mass is 16.5. The van der Waals surface area contributed by atoms with Gasteiger partial charge in [0.25, 0.3) is 0 Å². The number of para-hydroxylation sites is 1. The van der Waals surface area contributed by atoms with Crippen LogP contribution in [0.2, 0.25) is 0 Å². The summed E-state index contributed by atoms with van der Waals surface area (Å²) in [6, 6.07) is 15.9. The van der Waals surface area contributed by atoms with Crippen LogP contribution in [0.15, 0.2) is 48.5 Å². The summed E-state index contributed by atoms with van der Waals surface area (Å²) in [6.45, 7) is 6.36. The van der Waals surface area contributed by atoms with Gasteiger partial charge in [-0.2, -0.15) is 0 Å². The molecule has 1 heterocycles. The van der Waals surface area contributed by atoms with Gasteiger partial charge in [-0.05, 0) is 54.7 Å². The van der Waals surface area contributed by atoms with Gasteiger partial charge in [0.05, 0.1) is 13.2 Å². The first-order chi connectivity index (χ1) is 12.1. The van der Waals surface area contributed by atoms with E-state index in [1.807, 2.05) is 36.4 Å². The van der Waals surface area contributed by atoms with Gasteiger partial charge < -0.3 is 15.0 Å². The van der Waals surface area contributed by atoms with Crippen LogP contribution in [0.25, 0.3) is 0 Å². The van der Waals surface area contributed by atoms with Crippen LogP contribution in [-0.2, 0) is 11.2 Å². The highest BCUT2D eigenvalue weighted by Crippen LogP contribution is 2.27. The van der Waals surface area contributed by atoms with Crippen molar-refractivity contribution < 1.29 is 9.53 Å². The van der Waals surface area contributed by atoms with Crippen molar-refractivity contribution in [3.8, 4) is 5.75 Å². The SMILES string of the molecule is CC(C)CCOc1ccc(NC(=O)CN2CCc3ccccc32)cc1. The van der Waals surface area contributed by atoms with Gasteiger partial charge >= 0.3 is 0 Å². The Morgan fingerprint density at radius 2 is 1.92 bits per heavy atom. The van der Waals surface area contributed by atoms with Crippen molar-refractivity contribution in [2.45, 2.75) is 26.7 Å². The monoisotopic (exact) mass is 338 g/mol. The fourth-order valence-electron chi connectivity index (χ4n) is 2.99. The zero-order valence-electron chi connectivity index (χ0n) is 15.0. The summed E-state index contributed by atoms with van der Waals surface area (Å²) in [7, 11) is 0. The Morgan fingerprint density at radius 3 is 2.68 bits per heavy atom. The van der Waals surface area contributed by atoms with E-state index in [1.165, 1.54) is 11.3 Å². The van der Waals surface area contributed by atoms with Gasteiger partial charge in [0.1, 0.15) is 5.75 Å². The molecule has 0 aliphatic carbocycles. The zero-order valence-corrected chi connectivity index (χ0v) is 15.0. The molecule has 0 aromatic heterocycles. The number of hydrogen-bond donors (Lipinski definition) is 1. The molecule has 4 heteroatoms. The third kappa shape index (κ3) is 4.75. The molecule has 0 unspecified atom stereocenters. The molecule has 1 aliphatic heterocycles. The lowest BCUT2D eigenvalue weighted by Crippen LogP contribution is -2.31. The van der Waals surface area contributed by atoms with Gasteiger partial charge in [-0.3, -0.25) is 4.79 Å². The van der Waals surface area contributed by atoms with E-state index in [9.17, 15) is 4.79 Å². The molecule has 0 bridgehead atoms. The van der Waals surface area contributed by atoms with Crippen molar-refractivity contribution in [3.05, 3.63) is 54.1 Å². The first kappa shape index (κ1) is 17.3. The number of fused-ring (bicyclic) bond motifs is 1. The predicted molar refractivity (Wildman–Crippen MR) is 102 cm³/mol. The Balaban J connectivity index is 1.50. The summed E-state index contributed by atoms with van der Waals surface area (Å²) < 4.78 is 5.70. The van der Waals surface area contributed by atoms with E-state index in [0.29, 0.717) is 12.5 Å². The number of ether oxygens (including phenoxy) is 1. The highest BCUT2D eigenvalue weighted by Gasteiger charge is 2.20. The Morgan fingerprint density at radius 1 is 1.16 bits per heavy atom. The molecule has 2 aromatic carbocycles. The minimum absolute atomic E-state index is 0.00480. The largest absolute Gasteiger partial charge is 0.494 e. The van der Waals surface area contributed by atoms with E-state index < -0.39 is 0 Å². The van der Waals surface area contributed by atoms with E-state index in [2.05, 4.69) is 36.2 Å². The molecule has 0 fully saturated rings. The fourth-order valence-corrected chi connectivity index (χ4v) is 2.99. The first-order valence-corrected chi connectivity index (χ1v) is 8.97. The van der Waals surface area contributed by atoms with Gasteiger partial charge in [0.2, 0.25) is 5.91 Å². The van der Waals surface area contributed by atoms with Gasteiger partial charge in [0, 0.05) is 17.9 Å². The molecule has 25 heavy (non-hydrogen) atoms. The lowest BCUT2D eigenvalue weighted by molar-refractivity contribution is -0.115. The van der Waals surface area contributed by atoms with Crippen LogP contribution in [-0.4, -0.2) is 25.6 Å². The second kappa shape index (κ2) is 8.06. The molecule has 0 atom stereocenters. The van der Waals surface area contributed by atoms with Gasteiger partial charge in [-0.1, -0.05) is 32.0 Å². The van der Waals surface area contributed by atoms with E-state index >= 15 is 0 Å². The van der Waals surface area contributed by atoms with Crippen LogP contribution in [0.4, 0.5) is 11.4 Å². The molecule has 0 saturated carbocycles. The number of nitrogens with zero attached hydrogens (tertiary/aromatic N) is 1. The molecular weight excluding hydrogens is 312 g/mol. The van der Waals surface area contributed by atoms with Crippen LogP contribution in [0.3, 0.4) is 0 Å². The van der Waals surface area contributed by atoms with Crippen molar-refractivity contribution in [2.24, 2.45) is 5.92 Å². The van der Waals surface area contributed by atoms with Crippen LogP contribution < -0.4 is 15.0 Å². The minimum atomic E-state index is 0.00480. The van der Waals surface area contributed by atoms with Crippen LogP contribution in [0.1, 0.15) is 25.8 Å². The Hall–Kier alpha value is -2.49. The molecule has 2 aromatic rings. The predicted octanol–water partition coefficient (Wildman–Crippen LogP) is 4.11. The second-order valence-corrected chi connectivity index (χ2v) is 6.90. The number of anilines is 2. The average Bonchev–Trinajstić information content (AvgIpc) is 2.99. The standard InChI is InChI=1S/C21H26N2O2/c1-16(2)12-14-25-19-9-7-18(8-10-19)22-21(24)15-23-13-11-17-5-3-4-6-20(17)23/h3-10,16H,11-15H2,1-2H3,(H,22,24). The Labute approximate surface area is 149 Å². The second-order valence-electron chi connectivity index (χ2n) is 6.90. The fraction of sp³-hybridized carbons (Fsp3) is 0.381. The number of carbonyl (C=O) groups is 1. The summed E-state index contributed by atoms with van der Waals surface area (Å²) >= 11 is 0. The number of rotatable bonds is 7. The molecule has 0 spiro atoms. The van der Waals surface area contributed by atoms with Crippen molar-refractivity contribution in [2.75, 3.05) is 29.9 Å². The number of hydrogen-bond acceptors (Lipinski definition) is 3. The van der Waals surface area contributed by atoms with Gasteiger partial charge in [-0.15, -0.1) is 0 Å². The molecule has 1 aliphatic rings. The normalized spacial score (nSPS) is 13.0. The smallest absolute Gasteiger partial charge is 0.243 e. The molecule has 132 valence electrons. The van der Waals surface area contributed by atoms with E-state index in [1.54, 1.807) is 0 Å². The summed E-state index contributed by atoms with van der Waals surface area (Å²) in [5.74, 6) is 1.48. The molecular formula is C21H26N2O2. The van der Waals surface area contributed by atoms with Crippen LogP contribution in [0.5, 0.6) is 5.75 Å². The van der Waals surface area contributed by atoms with Crippen molar-refractivity contribution >= 4 is 17.3 Å². The van der Waals surface area contributed by atoms with Gasteiger partial charge in [0.15, 0.2) is 0 Å². The zero-order chi connectivity index (χ0) is 17.6.